The van der Waals surface area contributed by atoms with Gasteiger partial charge in [0.05, 0.1) is 0 Å². The number of hydrogen-bond donors (Lipinski definition) is 0. The van der Waals surface area contributed by atoms with Crippen LogP contribution in [0, 0.1) is 5.38 Å². The fraction of sp³-hybridized carbons (Fsp3) is 0.963. The van der Waals surface area contributed by atoms with Gasteiger partial charge in [-0.1, -0.05) is 77.0 Å². The zero-order chi connectivity index (χ0) is 20.3. The average molecular weight is 434 g/mol. The molecule has 2 atom stereocenters. The van der Waals surface area contributed by atoms with Gasteiger partial charge in [-0.15, -0.1) is 0 Å². The molecule has 5 saturated carbocycles. The van der Waals surface area contributed by atoms with Crippen LogP contribution in [0.2, 0.25) is 0 Å². The standard InChI is InChI=1S/C27H46ClN2/c28-25-26(29(21-13-5-1-6-14-21)22-15-7-2-8-16-22)27(25)30(23-17-9-3-10-18-23)24-19-11-4-12-20-24/h21-24,26-27H,1-20H2/q+1. The summed E-state index contributed by atoms with van der Waals surface area (Å²) in [6.45, 7) is 0. The lowest BCUT2D eigenvalue weighted by Gasteiger charge is -2.42. The van der Waals surface area contributed by atoms with Crippen molar-refractivity contribution in [2.24, 2.45) is 0 Å². The number of hydrogen-bond acceptors (Lipinski definition) is 2. The van der Waals surface area contributed by atoms with E-state index in [4.69, 9.17) is 11.6 Å². The summed E-state index contributed by atoms with van der Waals surface area (Å²) in [7, 11) is 0. The fourth-order valence-electron chi connectivity index (χ4n) is 7.84. The molecule has 0 aliphatic heterocycles. The van der Waals surface area contributed by atoms with Gasteiger partial charge >= 0.3 is 0 Å². The topological polar surface area (TPSA) is 6.48 Å². The van der Waals surface area contributed by atoms with E-state index in [-0.39, 0.29) is 0 Å². The molecule has 0 N–H and O–H groups in total. The summed E-state index contributed by atoms with van der Waals surface area (Å²) < 4.78 is 0. The summed E-state index contributed by atoms with van der Waals surface area (Å²) in [5.74, 6) is 0. The lowest BCUT2D eigenvalue weighted by Crippen LogP contribution is -2.52. The third-order valence-electron chi connectivity index (χ3n) is 9.38. The van der Waals surface area contributed by atoms with Gasteiger partial charge in [0.15, 0.2) is 0 Å². The lowest BCUT2D eigenvalue weighted by atomic mass is 9.87. The molecule has 0 aromatic carbocycles. The Bertz CT molecular complexity index is 433. The molecule has 2 unspecified atom stereocenters. The summed E-state index contributed by atoms with van der Waals surface area (Å²) in [6, 6.07) is 4.38. The normalized spacial score (nSPS) is 33.5. The van der Waals surface area contributed by atoms with E-state index in [0.29, 0.717) is 12.1 Å². The summed E-state index contributed by atoms with van der Waals surface area (Å²) in [5.41, 5.74) is 0. The molecule has 0 aromatic heterocycles. The molecule has 0 aromatic rings. The molecule has 5 aliphatic rings. The largest absolute Gasteiger partial charge is 0.250 e. The van der Waals surface area contributed by atoms with Gasteiger partial charge in [-0.05, 0) is 51.4 Å². The van der Waals surface area contributed by atoms with Crippen LogP contribution in [-0.4, -0.2) is 46.1 Å². The smallest absolute Gasteiger partial charge is 0.249 e. The molecule has 5 rings (SSSR count). The van der Waals surface area contributed by atoms with Gasteiger partial charge in [-0.2, -0.15) is 0 Å². The van der Waals surface area contributed by atoms with E-state index in [1.54, 1.807) is 0 Å². The third kappa shape index (κ3) is 4.72. The van der Waals surface area contributed by atoms with E-state index < -0.39 is 0 Å². The van der Waals surface area contributed by atoms with Crippen molar-refractivity contribution in [3.05, 3.63) is 5.38 Å². The van der Waals surface area contributed by atoms with Crippen molar-refractivity contribution in [3.8, 4) is 0 Å². The summed E-state index contributed by atoms with van der Waals surface area (Å²) in [5, 5.41) is 1.34. The van der Waals surface area contributed by atoms with Gasteiger partial charge < -0.3 is 0 Å². The van der Waals surface area contributed by atoms with E-state index in [0.717, 1.165) is 24.2 Å². The second kappa shape index (κ2) is 10.3. The molecular weight excluding hydrogens is 388 g/mol. The molecule has 2 nitrogen and oxygen atoms in total. The van der Waals surface area contributed by atoms with Crippen molar-refractivity contribution in [1.29, 1.82) is 0 Å². The van der Waals surface area contributed by atoms with Crippen LogP contribution in [0.5, 0.6) is 0 Å². The Kier molecular flexibility index (Phi) is 7.55. The minimum atomic E-state index is 0.571. The number of nitrogens with zero attached hydrogens (tertiary/aromatic N) is 2. The summed E-state index contributed by atoms with van der Waals surface area (Å²) >= 11 is 7.22. The average Bonchev–Trinajstić information content (AvgIpc) is 3.46. The van der Waals surface area contributed by atoms with Crippen LogP contribution < -0.4 is 0 Å². The van der Waals surface area contributed by atoms with Crippen molar-refractivity contribution < 1.29 is 0 Å². The monoisotopic (exact) mass is 433 g/mol. The highest BCUT2D eigenvalue weighted by atomic mass is 35.5. The van der Waals surface area contributed by atoms with Crippen LogP contribution in [0.4, 0.5) is 0 Å². The molecule has 0 bridgehead atoms. The molecule has 0 heterocycles. The zero-order valence-corrected chi connectivity index (χ0v) is 20.1. The Morgan fingerprint density at radius 2 is 0.633 bits per heavy atom. The van der Waals surface area contributed by atoms with E-state index in [1.807, 2.05) is 0 Å². The van der Waals surface area contributed by atoms with Crippen molar-refractivity contribution in [1.82, 2.24) is 9.80 Å². The van der Waals surface area contributed by atoms with Crippen molar-refractivity contribution >= 4 is 11.6 Å². The maximum atomic E-state index is 7.22. The molecule has 3 heteroatoms. The maximum Gasteiger partial charge on any atom is 0.249 e. The van der Waals surface area contributed by atoms with Gasteiger partial charge in [0.2, 0.25) is 17.5 Å². The summed E-state index contributed by atoms with van der Waals surface area (Å²) in [6.07, 6.45) is 28.8. The SMILES string of the molecule is Cl[C+]1C(N(C2CCCCC2)C2CCCCC2)C1N(C1CCCCC1)C1CCCCC1. The Labute approximate surface area is 191 Å². The predicted octanol–water partition coefficient (Wildman–Crippen LogP) is 7.44. The van der Waals surface area contributed by atoms with Gasteiger partial charge in [0, 0.05) is 24.2 Å². The Morgan fingerprint density at radius 1 is 0.400 bits per heavy atom. The van der Waals surface area contributed by atoms with Crippen molar-refractivity contribution in [2.45, 2.75) is 165 Å². The zero-order valence-electron chi connectivity index (χ0n) is 19.4. The minimum absolute atomic E-state index is 0.571. The van der Waals surface area contributed by atoms with Gasteiger partial charge in [0.25, 0.3) is 0 Å². The van der Waals surface area contributed by atoms with Gasteiger partial charge in [0.1, 0.15) is 11.6 Å². The molecule has 30 heavy (non-hydrogen) atoms. The first-order chi connectivity index (χ1) is 14.8. The number of rotatable bonds is 6. The van der Waals surface area contributed by atoms with Crippen LogP contribution in [0.25, 0.3) is 0 Å². The second-order valence-corrected chi connectivity index (χ2v) is 11.8. The van der Waals surface area contributed by atoms with Gasteiger partial charge in [-0.3, -0.25) is 0 Å². The minimum Gasteiger partial charge on any atom is -0.250 e. The molecule has 170 valence electrons. The fourth-order valence-corrected chi connectivity index (χ4v) is 8.24. The Morgan fingerprint density at radius 3 is 0.867 bits per heavy atom. The maximum absolute atomic E-state index is 7.22. The van der Waals surface area contributed by atoms with Crippen LogP contribution in [0.3, 0.4) is 0 Å². The Balaban J connectivity index is 1.37. The van der Waals surface area contributed by atoms with Crippen molar-refractivity contribution in [2.75, 3.05) is 0 Å². The highest BCUT2D eigenvalue weighted by molar-refractivity contribution is 6.31. The predicted molar refractivity (Wildman–Crippen MR) is 128 cm³/mol. The molecule has 5 fully saturated rings. The second-order valence-electron chi connectivity index (χ2n) is 11.3. The lowest BCUT2D eigenvalue weighted by molar-refractivity contribution is 0.0299. The van der Waals surface area contributed by atoms with Crippen LogP contribution in [-0.2, 0) is 0 Å². The van der Waals surface area contributed by atoms with E-state index in [9.17, 15) is 0 Å². The first kappa shape index (κ1) is 21.9. The first-order valence-electron chi connectivity index (χ1n) is 13.9. The van der Waals surface area contributed by atoms with Crippen LogP contribution in [0.1, 0.15) is 128 Å². The Hall–Kier alpha value is 0.0800. The van der Waals surface area contributed by atoms with E-state index in [1.165, 1.54) is 134 Å². The highest BCUT2D eigenvalue weighted by Crippen LogP contribution is 2.53. The van der Waals surface area contributed by atoms with E-state index in [2.05, 4.69) is 9.80 Å². The van der Waals surface area contributed by atoms with Crippen LogP contribution in [0.15, 0.2) is 0 Å². The molecule has 0 radical (unpaired) electrons. The van der Waals surface area contributed by atoms with E-state index >= 15 is 0 Å². The van der Waals surface area contributed by atoms with Crippen LogP contribution >= 0.6 is 11.6 Å². The quantitative estimate of drug-likeness (QED) is 0.401. The first-order valence-corrected chi connectivity index (χ1v) is 14.3. The highest BCUT2D eigenvalue weighted by Gasteiger charge is 2.73. The summed E-state index contributed by atoms with van der Waals surface area (Å²) in [4.78, 5) is 6.06. The van der Waals surface area contributed by atoms with Crippen molar-refractivity contribution in [3.63, 3.8) is 0 Å². The molecule has 0 amide bonds. The molecule has 5 aliphatic carbocycles. The third-order valence-corrected chi connectivity index (χ3v) is 9.83. The van der Waals surface area contributed by atoms with Gasteiger partial charge in [-0.25, -0.2) is 9.80 Å². The molecular formula is C27H46ClN2+. The molecule has 0 spiro atoms. The number of halogens is 1. The molecule has 0 saturated heterocycles.